The molecule has 4 N–H and O–H groups in total. The van der Waals surface area contributed by atoms with E-state index >= 15 is 0 Å². The van der Waals surface area contributed by atoms with Crippen LogP contribution in [0.3, 0.4) is 0 Å². The monoisotopic (exact) mass is 287 g/mol. The molecule has 1 amide bonds. The van der Waals surface area contributed by atoms with Crippen molar-refractivity contribution in [3.63, 3.8) is 0 Å². The van der Waals surface area contributed by atoms with E-state index in [0.717, 1.165) is 6.07 Å². The maximum absolute atomic E-state index is 12.0. The Morgan fingerprint density at radius 2 is 1.76 bits per heavy atom. The summed E-state index contributed by atoms with van der Waals surface area (Å²) in [5.74, 6) is -2.13. The van der Waals surface area contributed by atoms with Crippen LogP contribution in [0, 0.1) is 0 Å². The van der Waals surface area contributed by atoms with Crippen molar-refractivity contribution < 1.29 is 24.9 Å². The molecule has 0 saturated carbocycles. The number of anilines is 1. The number of nitrogens with one attached hydrogen (secondary N) is 1. The predicted molar refractivity (Wildman–Crippen MR) is 75.5 cm³/mol. The van der Waals surface area contributed by atoms with Crippen molar-refractivity contribution in [2.75, 3.05) is 5.32 Å². The third-order valence-electron chi connectivity index (χ3n) is 2.78. The zero-order valence-corrected chi connectivity index (χ0v) is 10.9. The molecule has 0 bridgehead atoms. The fraction of sp³-hybridized carbons (Fsp3) is 0.0667. The number of amides is 1. The number of rotatable bonds is 4. The van der Waals surface area contributed by atoms with E-state index in [-0.39, 0.29) is 23.5 Å². The van der Waals surface area contributed by atoms with Crippen LogP contribution in [0.5, 0.6) is 11.5 Å². The molecule has 2 rings (SSSR count). The highest BCUT2D eigenvalue weighted by molar-refractivity contribution is 6.04. The molecule has 0 aliphatic rings. The zero-order valence-electron chi connectivity index (χ0n) is 10.9. The number of benzene rings is 2. The number of carboxylic acids is 1. The van der Waals surface area contributed by atoms with Crippen LogP contribution < -0.4 is 5.32 Å². The van der Waals surface area contributed by atoms with E-state index in [4.69, 9.17) is 5.11 Å². The molecule has 2 aromatic carbocycles. The molecule has 0 spiro atoms. The summed E-state index contributed by atoms with van der Waals surface area (Å²) < 4.78 is 0. The van der Waals surface area contributed by atoms with Gasteiger partial charge in [0, 0.05) is 11.3 Å². The average molecular weight is 287 g/mol. The number of carbonyl (C=O) groups excluding carboxylic acids is 1. The van der Waals surface area contributed by atoms with Gasteiger partial charge in [-0.05, 0) is 35.9 Å². The van der Waals surface area contributed by atoms with Crippen LogP contribution in [0.2, 0.25) is 0 Å². The summed E-state index contributed by atoms with van der Waals surface area (Å²) in [5.41, 5.74) is 1.19. The molecule has 0 heterocycles. The fourth-order valence-corrected chi connectivity index (χ4v) is 1.80. The van der Waals surface area contributed by atoms with Crippen LogP contribution >= 0.6 is 0 Å². The van der Waals surface area contributed by atoms with Crippen molar-refractivity contribution in [2.45, 2.75) is 6.42 Å². The van der Waals surface area contributed by atoms with Crippen molar-refractivity contribution in [3.8, 4) is 11.5 Å². The van der Waals surface area contributed by atoms with Crippen LogP contribution in [0.4, 0.5) is 5.69 Å². The second-order valence-electron chi connectivity index (χ2n) is 4.43. The summed E-state index contributed by atoms with van der Waals surface area (Å²) in [6.45, 7) is 0. The van der Waals surface area contributed by atoms with Crippen LogP contribution in [-0.2, 0) is 11.2 Å². The van der Waals surface area contributed by atoms with Gasteiger partial charge in [-0.3, -0.25) is 9.59 Å². The molecule has 108 valence electrons. The largest absolute Gasteiger partial charge is 0.504 e. The Kier molecular flexibility index (Phi) is 4.08. The Morgan fingerprint density at radius 1 is 1.00 bits per heavy atom. The van der Waals surface area contributed by atoms with Crippen LogP contribution in [0.1, 0.15) is 15.9 Å². The van der Waals surface area contributed by atoms with Gasteiger partial charge in [0.15, 0.2) is 11.5 Å². The summed E-state index contributed by atoms with van der Waals surface area (Å²) in [7, 11) is 0. The number of hydrogen-bond acceptors (Lipinski definition) is 4. The molecule has 0 fully saturated rings. The Morgan fingerprint density at radius 3 is 2.43 bits per heavy atom. The highest BCUT2D eigenvalue weighted by atomic mass is 16.4. The summed E-state index contributed by atoms with van der Waals surface area (Å²) in [4.78, 5) is 22.6. The maximum Gasteiger partial charge on any atom is 0.307 e. The number of hydrogen-bond donors (Lipinski definition) is 4. The molecule has 0 atom stereocenters. The molecule has 6 heteroatoms. The number of phenols is 2. The smallest absolute Gasteiger partial charge is 0.307 e. The number of aliphatic carboxylic acids is 1. The highest BCUT2D eigenvalue weighted by Crippen LogP contribution is 2.25. The summed E-state index contributed by atoms with van der Waals surface area (Å²) in [6.07, 6.45) is -0.135. The summed E-state index contributed by atoms with van der Waals surface area (Å²) in [5, 5.41) is 29.9. The van der Waals surface area contributed by atoms with Gasteiger partial charge in [0.2, 0.25) is 0 Å². The zero-order chi connectivity index (χ0) is 15.4. The molecule has 2 aromatic rings. The van der Waals surface area contributed by atoms with Crippen molar-refractivity contribution in [1.29, 1.82) is 0 Å². The van der Waals surface area contributed by atoms with Gasteiger partial charge in [0.1, 0.15) is 0 Å². The Balaban J connectivity index is 2.15. The third-order valence-corrected chi connectivity index (χ3v) is 2.78. The van der Waals surface area contributed by atoms with Crippen LogP contribution in [-0.4, -0.2) is 27.2 Å². The van der Waals surface area contributed by atoms with E-state index in [1.54, 1.807) is 24.3 Å². The van der Waals surface area contributed by atoms with Crippen LogP contribution in [0.25, 0.3) is 0 Å². The first-order chi connectivity index (χ1) is 9.95. The predicted octanol–water partition coefficient (Wildman–Crippen LogP) is 1.98. The Labute approximate surface area is 120 Å². The van der Waals surface area contributed by atoms with E-state index in [1.165, 1.54) is 12.1 Å². The minimum Gasteiger partial charge on any atom is -0.504 e. The van der Waals surface area contributed by atoms with Crippen molar-refractivity contribution in [2.24, 2.45) is 0 Å². The molecule has 6 nitrogen and oxygen atoms in total. The molecule has 0 unspecified atom stereocenters. The molecular formula is C15H13NO5. The van der Waals surface area contributed by atoms with Gasteiger partial charge in [-0.1, -0.05) is 12.1 Å². The molecule has 0 aromatic heterocycles. The first-order valence-electron chi connectivity index (χ1n) is 6.10. The summed E-state index contributed by atoms with van der Waals surface area (Å²) >= 11 is 0. The second-order valence-corrected chi connectivity index (χ2v) is 4.43. The van der Waals surface area contributed by atoms with Gasteiger partial charge in [-0.2, -0.15) is 0 Å². The van der Waals surface area contributed by atoms with E-state index in [2.05, 4.69) is 5.32 Å². The second kappa shape index (κ2) is 5.96. The van der Waals surface area contributed by atoms with Gasteiger partial charge in [0.25, 0.3) is 5.91 Å². The Hall–Kier alpha value is -3.02. The molecule has 0 aliphatic carbocycles. The Bertz CT molecular complexity index is 696. The van der Waals surface area contributed by atoms with E-state index in [0.29, 0.717) is 11.3 Å². The minimum atomic E-state index is -0.957. The van der Waals surface area contributed by atoms with E-state index in [1.807, 2.05) is 0 Å². The lowest BCUT2D eigenvalue weighted by Crippen LogP contribution is -2.12. The van der Waals surface area contributed by atoms with Gasteiger partial charge < -0.3 is 20.6 Å². The highest BCUT2D eigenvalue weighted by Gasteiger charge is 2.10. The number of carbonyl (C=O) groups is 2. The fourth-order valence-electron chi connectivity index (χ4n) is 1.80. The standard InChI is InChI=1S/C15H13NO5/c17-12-5-4-10(8-13(12)18)15(21)16-11-3-1-2-9(6-11)7-14(19)20/h1-6,8,17-18H,7H2,(H,16,21)(H,19,20). The third kappa shape index (κ3) is 3.73. The van der Waals surface area contributed by atoms with Gasteiger partial charge >= 0.3 is 5.97 Å². The number of phenolic OH excluding ortho intramolecular Hbond substituents is 2. The molecular weight excluding hydrogens is 274 g/mol. The van der Waals surface area contributed by atoms with Gasteiger partial charge in [-0.15, -0.1) is 0 Å². The minimum absolute atomic E-state index is 0.135. The normalized spacial score (nSPS) is 10.1. The van der Waals surface area contributed by atoms with Crippen LogP contribution in [0.15, 0.2) is 42.5 Å². The maximum atomic E-state index is 12.0. The lowest BCUT2D eigenvalue weighted by Gasteiger charge is -2.07. The summed E-state index contributed by atoms with van der Waals surface area (Å²) in [6, 6.07) is 10.2. The number of carboxylic acid groups (broad SMARTS) is 1. The van der Waals surface area contributed by atoms with E-state index in [9.17, 15) is 19.8 Å². The lowest BCUT2D eigenvalue weighted by atomic mass is 10.1. The van der Waals surface area contributed by atoms with Crippen molar-refractivity contribution in [3.05, 3.63) is 53.6 Å². The topological polar surface area (TPSA) is 107 Å². The molecule has 0 radical (unpaired) electrons. The average Bonchev–Trinajstić information content (AvgIpc) is 2.41. The van der Waals surface area contributed by atoms with Crippen molar-refractivity contribution >= 4 is 17.6 Å². The first kappa shape index (κ1) is 14.4. The molecule has 0 aliphatic heterocycles. The SMILES string of the molecule is O=C(O)Cc1cccc(NC(=O)c2ccc(O)c(O)c2)c1. The van der Waals surface area contributed by atoms with Gasteiger partial charge in [0.05, 0.1) is 6.42 Å². The first-order valence-corrected chi connectivity index (χ1v) is 6.10. The van der Waals surface area contributed by atoms with Crippen molar-refractivity contribution in [1.82, 2.24) is 0 Å². The molecule has 0 saturated heterocycles. The quantitative estimate of drug-likeness (QED) is 0.643. The van der Waals surface area contributed by atoms with Gasteiger partial charge in [-0.25, -0.2) is 0 Å². The number of aromatic hydroxyl groups is 2. The molecule has 21 heavy (non-hydrogen) atoms. The lowest BCUT2D eigenvalue weighted by molar-refractivity contribution is -0.136. The van der Waals surface area contributed by atoms with E-state index < -0.39 is 11.9 Å².